The van der Waals surface area contributed by atoms with Gasteiger partial charge in [0.25, 0.3) is 0 Å². The second kappa shape index (κ2) is 10.5. The molecule has 1 amide bonds. The molecule has 0 saturated heterocycles. The van der Waals surface area contributed by atoms with Gasteiger partial charge < -0.3 is 5.32 Å². The van der Waals surface area contributed by atoms with E-state index in [4.69, 9.17) is 23.2 Å². The molecule has 3 aromatic rings. The molecule has 8 heteroatoms. The minimum Gasteiger partial charge on any atom is -0.325 e. The highest BCUT2D eigenvalue weighted by molar-refractivity contribution is 7.89. The number of rotatable bonds is 7. The Labute approximate surface area is 211 Å². The molecule has 34 heavy (non-hydrogen) atoms. The van der Waals surface area contributed by atoms with Crippen LogP contribution in [-0.2, 0) is 21.4 Å². The predicted octanol–water partition coefficient (Wildman–Crippen LogP) is 6.37. The Kier molecular flexibility index (Phi) is 8.09. The number of carbonyl (C=O) groups is 1. The summed E-state index contributed by atoms with van der Waals surface area (Å²) in [4.78, 5) is 13.2. The van der Waals surface area contributed by atoms with E-state index in [2.05, 4.69) is 5.32 Å². The van der Waals surface area contributed by atoms with Gasteiger partial charge in [0.05, 0.1) is 21.5 Å². The van der Waals surface area contributed by atoms with Crippen molar-refractivity contribution < 1.29 is 13.2 Å². The third kappa shape index (κ3) is 5.99. The number of hydrogen-bond acceptors (Lipinski definition) is 3. The SMILES string of the molecule is Cc1cc(C)c(S(=O)(=O)N(CC(=O)Nc2cc(C)ccc2C)Cc2ccc(Cl)c(Cl)c2)c(C)c1. The molecule has 0 radical (unpaired) electrons. The number of hydrogen-bond donors (Lipinski definition) is 1. The molecule has 0 aliphatic carbocycles. The van der Waals surface area contributed by atoms with Crippen molar-refractivity contribution in [2.75, 3.05) is 11.9 Å². The van der Waals surface area contributed by atoms with Gasteiger partial charge in [-0.1, -0.05) is 59.1 Å². The third-order valence-electron chi connectivity index (χ3n) is 5.53. The molecule has 0 aliphatic heterocycles. The van der Waals surface area contributed by atoms with Crippen LogP contribution in [0.15, 0.2) is 53.4 Å². The van der Waals surface area contributed by atoms with Gasteiger partial charge in [-0.15, -0.1) is 0 Å². The zero-order valence-corrected chi connectivity index (χ0v) is 22.2. The zero-order chi connectivity index (χ0) is 25.2. The average Bonchev–Trinajstić information content (AvgIpc) is 2.72. The minimum absolute atomic E-state index is 0.0355. The lowest BCUT2D eigenvalue weighted by Gasteiger charge is -2.24. The fourth-order valence-electron chi connectivity index (χ4n) is 3.99. The van der Waals surface area contributed by atoms with E-state index in [1.54, 1.807) is 32.0 Å². The molecule has 0 aromatic heterocycles. The van der Waals surface area contributed by atoms with Crippen molar-refractivity contribution >= 4 is 44.8 Å². The second-order valence-corrected chi connectivity index (χ2v) is 11.3. The van der Waals surface area contributed by atoms with Crippen LogP contribution in [0.1, 0.15) is 33.4 Å². The minimum atomic E-state index is -4.01. The van der Waals surface area contributed by atoms with Crippen molar-refractivity contribution in [1.29, 1.82) is 0 Å². The molecule has 5 nitrogen and oxygen atoms in total. The van der Waals surface area contributed by atoms with Crippen molar-refractivity contribution in [2.45, 2.75) is 46.1 Å². The Morgan fingerprint density at radius 2 is 1.47 bits per heavy atom. The van der Waals surface area contributed by atoms with Crippen LogP contribution in [0, 0.1) is 34.6 Å². The lowest BCUT2D eigenvalue weighted by Crippen LogP contribution is -2.38. The molecular formula is C26H28Cl2N2O3S. The first-order valence-corrected chi connectivity index (χ1v) is 13.0. The lowest BCUT2D eigenvalue weighted by molar-refractivity contribution is -0.116. The second-order valence-electron chi connectivity index (χ2n) is 8.62. The van der Waals surface area contributed by atoms with Crippen LogP contribution in [0.25, 0.3) is 0 Å². The van der Waals surface area contributed by atoms with Crippen molar-refractivity contribution in [3.63, 3.8) is 0 Å². The molecule has 0 fully saturated rings. The van der Waals surface area contributed by atoms with E-state index < -0.39 is 15.9 Å². The van der Waals surface area contributed by atoms with E-state index >= 15 is 0 Å². The van der Waals surface area contributed by atoms with E-state index in [0.717, 1.165) is 16.7 Å². The summed E-state index contributed by atoms with van der Waals surface area (Å²) in [6, 6.07) is 14.3. The van der Waals surface area contributed by atoms with Gasteiger partial charge in [0.1, 0.15) is 0 Å². The van der Waals surface area contributed by atoms with E-state index in [9.17, 15) is 13.2 Å². The summed E-state index contributed by atoms with van der Waals surface area (Å²) in [5, 5.41) is 3.55. The maximum atomic E-state index is 13.8. The van der Waals surface area contributed by atoms with Crippen molar-refractivity contribution in [3.05, 3.63) is 92.0 Å². The van der Waals surface area contributed by atoms with Crippen LogP contribution < -0.4 is 5.32 Å². The summed E-state index contributed by atoms with van der Waals surface area (Å²) >= 11 is 12.2. The predicted molar refractivity (Wildman–Crippen MR) is 139 cm³/mol. The molecule has 180 valence electrons. The summed E-state index contributed by atoms with van der Waals surface area (Å²) in [5.41, 5.74) is 5.39. The average molecular weight is 519 g/mol. The quantitative estimate of drug-likeness (QED) is 0.395. The molecule has 0 saturated carbocycles. The molecule has 1 N–H and O–H groups in total. The van der Waals surface area contributed by atoms with Gasteiger partial charge in [-0.2, -0.15) is 4.31 Å². The standard InChI is InChI=1S/C26H28Cl2N2O3S/c1-16-6-7-18(3)24(12-16)29-25(31)15-30(14-21-8-9-22(27)23(28)13-21)34(32,33)26-19(4)10-17(2)11-20(26)5/h6-13H,14-15H2,1-5H3,(H,29,31). The topological polar surface area (TPSA) is 66.5 Å². The van der Waals surface area contributed by atoms with Crippen molar-refractivity contribution in [3.8, 4) is 0 Å². The Morgan fingerprint density at radius 1 is 0.824 bits per heavy atom. The largest absolute Gasteiger partial charge is 0.325 e. The van der Waals surface area contributed by atoms with Gasteiger partial charge in [-0.05, 0) is 80.6 Å². The Hall–Kier alpha value is -2.38. The number of benzene rings is 3. The Morgan fingerprint density at radius 3 is 2.09 bits per heavy atom. The highest BCUT2D eigenvalue weighted by atomic mass is 35.5. The summed E-state index contributed by atoms with van der Waals surface area (Å²) in [7, 11) is -4.01. The van der Waals surface area contributed by atoms with Gasteiger partial charge in [0.2, 0.25) is 15.9 Å². The first kappa shape index (κ1) is 26.2. The number of sulfonamides is 1. The van der Waals surface area contributed by atoms with E-state index in [0.29, 0.717) is 32.4 Å². The lowest BCUT2D eigenvalue weighted by atomic mass is 10.1. The molecule has 0 bridgehead atoms. The van der Waals surface area contributed by atoms with Crippen LogP contribution in [-0.4, -0.2) is 25.2 Å². The molecule has 0 atom stereocenters. The molecule has 0 heterocycles. The number of amides is 1. The smallest absolute Gasteiger partial charge is 0.244 e. The van der Waals surface area contributed by atoms with Gasteiger partial charge in [-0.3, -0.25) is 4.79 Å². The van der Waals surface area contributed by atoms with E-state index in [-0.39, 0.29) is 18.0 Å². The van der Waals surface area contributed by atoms with Crippen molar-refractivity contribution in [1.82, 2.24) is 4.31 Å². The highest BCUT2D eigenvalue weighted by Crippen LogP contribution is 2.28. The van der Waals surface area contributed by atoms with E-state index in [1.807, 2.05) is 51.1 Å². The number of halogens is 2. The van der Waals surface area contributed by atoms with Gasteiger partial charge >= 0.3 is 0 Å². The summed E-state index contributed by atoms with van der Waals surface area (Å²) < 4.78 is 28.9. The first-order chi connectivity index (χ1) is 15.9. The van der Waals surface area contributed by atoms with Crippen LogP contribution in [0.2, 0.25) is 10.0 Å². The normalized spacial score (nSPS) is 11.6. The van der Waals surface area contributed by atoms with Crippen molar-refractivity contribution in [2.24, 2.45) is 0 Å². The molecular weight excluding hydrogens is 491 g/mol. The molecule has 0 unspecified atom stereocenters. The molecule has 0 aliphatic rings. The third-order valence-corrected chi connectivity index (χ3v) is 8.37. The monoisotopic (exact) mass is 518 g/mol. The molecule has 3 aromatic carbocycles. The molecule has 3 rings (SSSR count). The fourth-order valence-corrected chi connectivity index (χ4v) is 6.11. The zero-order valence-electron chi connectivity index (χ0n) is 19.9. The number of aryl methyl sites for hydroxylation is 5. The van der Waals surface area contributed by atoms with Crippen LogP contribution in [0.5, 0.6) is 0 Å². The number of nitrogens with one attached hydrogen (secondary N) is 1. The fraction of sp³-hybridized carbons (Fsp3) is 0.269. The van der Waals surface area contributed by atoms with Crippen LogP contribution >= 0.6 is 23.2 Å². The Bertz CT molecular complexity index is 1330. The van der Waals surface area contributed by atoms with Gasteiger partial charge in [-0.25, -0.2) is 8.42 Å². The molecule has 0 spiro atoms. The maximum Gasteiger partial charge on any atom is 0.244 e. The first-order valence-electron chi connectivity index (χ1n) is 10.8. The number of nitrogens with zero attached hydrogens (tertiary/aromatic N) is 1. The van der Waals surface area contributed by atoms with Crippen LogP contribution in [0.3, 0.4) is 0 Å². The van der Waals surface area contributed by atoms with Gasteiger partial charge in [0, 0.05) is 12.2 Å². The number of carbonyl (C=O) groups excluding carboxylic acids is 1. The summed E-state index contributed by atoms with van der Waals surface area (Å²) in [5.74, 6) is -0.431. The Balaban J connectivity index is 2.00. The maximum absolute atomic E-state index is 13.8. The van der Waals surface area contributed by atoms with E-state index in [1.165, 1.54) is 4.31 Å². The summed E-state index contributed by atoms with van der Waals surface area (Å²) in [6.45, 7) is 8.87. The van der Waals surface area contributed by atoms with Crippen LogP contribution in [0.4, 0.5) is 5.69 Å². The summed E-state index contributed by atoms with van der Waals surface area (Å²) in [6.07, 6.45) is 0. The van der Waals surface area contributed by atoms with Gasteiger partial charge in [0.15, 0.2) is 0 Å². The number of anilines is 1. The highest BCUT2D eigenvalue weighted by Gasteiger charge is 2.30.